The van der Waals surface area contributed by atoms with Crippen LogP contribution in [0.5, 0.6) is 0 Å². The van der Waals surface area contributed by atoms with Crippen LogP contribution < -0.4 is 16.0 Å². The third-order valence-electron chi connectivity index (χ3n) is 4.12. The second-order valence-corrected chi connectivity index (χ2v) is 6.66. The first-order valence-corrected chi connectivity index (χ1v) is 9.11. The number of hydrogen-bond acceptors (Lipinski definition) is 5. The van der Waals surface area contributed by atoms with Gasteiger partial charge in [-0.05, 0) is 60.7 Å². The molecule has 3 N–H and O–H groups in total. The molecule has 24 heavy (non-hydrogen) atoms. The average molecular weight is 340 g/mol. The number of fused-ring (bicyclic) bond motifs is 1. The van der Waals surface area contributed by atoms with E-state index >= 15 is 0 Å². The van der Waals surface area contributed by atoms with Gasteiger partial charge in [0.2, 0.25) is 0 Å². The monoisotopic (exact) mass is 340 g/mol. The maximum Gasteiger partial charge on any atom is 0.147 e. The number of benzene rings is 2. The molecule has 126 valence electrons. The van der Waals surface area contributed by atoms with Crippen molar-refractivity contribution >= 4 is 33.1 Å². The second kappa shape index (κ2) is 8.13. The van der Waals surface area contributed by atoms with Crippen molar-refractivity contribution < 1.29 is 0 Å². The molecule has 0 radical (unpaired) electrons. The van der Waals surface area contributed by atoms with Gasteiger partial charge in [-0.2, -0.15) is 4.37 Å². The zero-order chi connectivity index (χ0) is 16.8. The SMILES string of the molecule is CNc1ccc(CCNCCNc2nsc3ccccc23)cc1C. The van der Waals surface area contributed by atoms with Crippen LogP contribution >= 0.6 is 11.5 Å². The molecule has 0 aliphatic rings. The molecule has 0 amide bonds. The van der Waals surface area contributed by atoms with E-state index in [0.29, 0.717) is 0 Å². The minimum Gasteiger partial charge on any atom is -0.388 e. The summed E-state index contributed by atoms with van der Waals surface area (Å²) >= 11 is 1.55. The Morgan fingerprint density at radius 2 is 1.92 bits per heavy atom. The fourth-order valence-corrected chi connectivity index (χ4v) is 3.56. The highest BCUT2D eigenvalue weighted by Crippen LogP contribution is 2.25. The van der Waals surface area contributed by atoms with Crippen molar-refractivity contribution in [2.45, 2.75) is 13.3 Å². The van der Waals surface area contributed by atoms with E-state index in [-0.39, 0.29) is 0 Å². The highest BCUT2D eigenvalue weighted by Gasteiger charge is 2.03. The summed E-state index contributed by atoms with van der Waals surface area (Å²) in [5.41, 5.74) is 3.87. The second-order valence-electron chi connectivity index (χ2n) is 5.85. The summed E-state index contributed by atoms with van der Waals surface area (Å²) in [6.07, 6.45) is 1.05. The first-order valence-electron chi connectivity index (χ1n) is 8.34. The predicted molar refractivity (Wildman–Crippen MR) is 105 cm³/mol. The molecule has 0 saturated heterocycles. The molecule has 5 heteroatoms. The molecule has 3 rings (SSSR count). The van der Waals surface area contributed by atoms with Gasteiger partial charge in [0, 0.05) is 31.2 Å². The van der Waals surface area contributed by atoms with Gasteiger partial charge in [0.05, 0.1) is 4.70 Å². The van der Waals surface area contributed by atoms with Crippen molar-refractivity contribution in [3.8, 4) is 0 Å². The van der Waals surface area contributed by atoms with E-state index in [0.717, 1.165) is 31.9 Å². The van der Waals surface area contributed by atoms with Crippen LogP contribution in [0, 0.1) is 6.92 Å². The quantitative estimate of drug-likeness (QED) is 0.545. The molecule has 2 aromatic carbocycles. The lowest BCUT2D eigenvalue weighted by Crippen LogP contribution is -2.24. The summed E-state index contributed by atoms with van der Waals surface area (Å²) in [7, 11) is 1.96. The van der Waals surface area contributed by atoms with Gasteiger partial charge in [0.15, 0.2) is 0 Å². The van der Waals surface area contributed by atoms with E-state index in [4.69, 9.17) is 0 Å². The standard InChI is InChI=1S/C19H24N4S/c1-14-13-15(7-8-17(14)20-2)9-10-21-11-12-22-19-16-5-3-4-6-18(16)24-23-19/h3-8,13,20-21H,9-12H2,1-2H3,(H,22,23). The van der Waals surface area contributed by atoms with Crippen molar-refractivity contribution in [1.82, 2.24) is 9.69 Å². The topological polar surface area (TPSA) is 49.0 Å². The molecular formula is C19H24N4S. The van der Waals surface area contributed by atoms with E-state index < -0.39 is 0 Å². The molecule has 1 aromatic heterocycles. The van der Waals surface area contributed by atoms with Crippen molar-refractivity contribution in [2.24, 2.45) is 0 Å². The lowest BCUT2D eigenvalue weighted by molar-refractivity contribution is 0.699. The van der Waals surface area contributed by atoms with Crippen molar-refractivity contribution in [3.05, 3.63) is 53.6 Å². The fourth-order valence-electron chi connectivity index (χ4n) is 2.80. The largest absolute Gasteiger partial charge is 0.388 e. The van der Waals surface area contributed by atoms with E-state index in [9.17, 15) is 0 Å². The Morgan fingerprint density at radius 1 is 1.04 bits per heavy atom. The number of rotatable bonds is 8. The van der Waals surface area contributed by atoms with Gasteiger partial charge in [-0.15, -0.1) is 0 Å². The van der Waals surface area contributed by atoms with Crippen molar-refractivity contribution in [1.29, 1.82) is 0 Å². The minimum atomic E-state index is 0.880. The van der Waals surface area contributed by atoms with Crippen LogP contribution in [0.2, 0.25) is 0 Å². The molecule has 0 atom stereocenters. The summed E-state index contributed by atoms with van der Waals surface area (Å²) in [5.74, 6) is 0.996. The van der Waals surface area contributed by atoms with Gasteiger partial charge in [0.1, 0.15) is 5.82 Å². The van der Waals surface area contributed by atoms with Gasteiger partial charge in [-0.1, -0.05) is 24.3 Å². The van der Waals surface area contributed by atoms with E-state index in [1.165, 1.54) is 26.9 Å². The third-order valence-corrected chi connectivity index (χ3v) is 4.95. The van der Waals surface area contributed by atoms with Crippen LogP contribution in [-0.4, -0.2) is 31.1 Å². The molecule has 1 heterocycles. The van der Waals surface area contributed by atoms with Crippen LogP contribution in [-0.2, 0) is 6.42 Å². The lowest BCUT2D eigenvalue weighted by Gasteiger charge is -2.09. The molecule has 0 spiro atoms. The van der Waals surface area contributed by atoms with Gasteiger partial charge >= 0.3 is 0 Å². The van der Waals surface area contributed by atoms with Crippen LogP contribution in [0.15, 0.2) is 42.5 Å². The van der Waals surface area contributed by atoms with E-state index in [1.54, 1.807) is 11.5 Å². The van der Waals surface area contributed by atoms with Crippen LogP contribution in [0.4, 0.5) is 11.5 Å². The van der Waals surface area contributed by atoms with E-state index in [2.05, 4.69) is 69.7 Å². The molecule has 4 nitrogen and oxygen atoms in total. The van der Waals surface area contributed by atoms with Crippen molar-refractivity contribution in [2.75, 3.05) is 37.3 Å². The van der Waals surface area contributed by atoms with Gasteiger partial charge < -0.3 is 16.0 Å². The Kier molecular flexibility index (Phi) is 5.67. The van der Waals surface area contributed by atoms with E-state index in [1.807, 2.05) is 7.05 Å². The summed E-state index contributed by atoms with van der Waals surface area (Å²) in [6.45, 7) is 4.94. The highest BCUT2D eigenvalue weighted by molar-refractivity contribution is 7.13. The molecule has 0 unspecified atom stereocenters. The normalized spacial score (nSPS) is 10.9. The summed E-state index contributed by atoms with van der Waals surface area (Å²) in [5, 5.41) is 11.3. The Labute approximate surface area is 147 Å². The highest BCUT2D eigenvalue weighted by atomic mass is 32.1. The third kappa shape index (κ3) is 4.04. The Hall–Kier alpha value is -2.11. The van der Waals surface area contributed by atoms with Crippen molar-refractivity contribution in [3.63, 3.8) is 0 Å². The Balaban J connectivity index is 1.39. The van der Waals surface area contributed by atoms with Gasteiger partial charge in [-0.3, -0.25) is 0 Å². The zero-order valence-electron chi connectivity index (χ0n) is 14.2. The summed E-state index contributed by atoms with van der Waals surface area (Å²) in [4.78, 5) is 0. The number of nitrogens with one attached hydrogen (secondary N) is 3. The van der Waals surface area contributed by atoms with Gasteiger partial charge in [-0.25, -0.2) is 0 Å². The molecular weight excluding hydrogens is 316 g/mol. The zero-order valence-corrected chi connectivity index (χ0v) is 15.0. The number of anilines is 2. The molecule has 0 bridgehead atoms. The maximum atomic E-state index is 4.48. The molecule has 0 fully saturated rings. The maximum absolute atomic E-state index is 4.48. The predicted octanol–water partition coefficient (Wildman–Crippen LogP) is 3.89. The Bertz CT molecular complexity index is 797. The molecule has 3 aromatic rings. The average Bonchev–Trinajstić information content (AvgIpc) is 3.01. The lowest BCUT2D eigenvalue weighted by atomic mass is 10.1. The minimum absolute atomic E-state index is 0.880. The van der Waals surface area contributed by atoms with Crippen LogP contribution in [0.3, 0.4) is 0 Å². The Morgan fingerprint density at radius 3 is 2.75 bits per heavy atom. The number of nitrogens with zero attached hydrogens (tertiary/aromatic N) is 1. The van der Waals surface area contributed by atoms with Crippen LogP contribution in [0.1, 0.15) is 11.1 Å². The molecule has 0 saturated carbocycles. The molecule has 0 aliphatic carbocycles. The smallest absolute Gasteiger partial charge is 0.147 e. The van der Waals surface area contributed by atoms with Crippen LogP contribution in [0.25, 0.3) is 10.1 Å². The van der Waals surface area contributed by atoms with Gasteiger partial charge in [0.25, 0.3) is 0 Å². The number of aromatic nitrogens is 1. The summed E-state index contributed by atoms with van der Waals surface area (Å²) < 4.78 is 5.71. The first-order chi connectivity index (χ1) is 11.8. The molecule has 0 aliphatic heterocycles. The number of aryl methyl sites for hydroxylation is 1. The number of hydrogen-bond donors (Lipinski definition) is 3. The fraction of sp³-hybridized carbons (Fsp3) is 0.316. The first kappa shape index (κ1) is 16.7. The summed E-state index contributed by atoms with van der Waals surface area (Å²) in [6, 6.07) is 14.9.